The van der Waals surface area contributed by atoms with Gasteiger partial charge in [0.05, 0.1) is 15.1 Å². The second-order valence-electron chi connectivity index (χ2n) is 5.16. The molecule has 28 heavy (non-hydrogen) atoms. The number of oxime groups is 1. The molecule has 1 heterocycles. The minimum Gasteiger partial charge on any atom is -0.442 e. The summed E-state index contributed by atoms with van der Waals surface area (Å²) in [4.78, 5) is 16.6. The molecule has 0 N–H and O–H groups in total. The fraction of sp³-hybridized carbons (Fsp3) is 0. The molecular formula is C18H13BrN4O4S. The summed E-state index contributed by atoms with van der Waals surface area (Å²) in [5, 5.41) is 3.30. The van der Waals surface area contributed by atoms with Crippen LogP contribution < -0.4 is 4.74 Å². The number of ether oxygens (including phenoxy) is 1. The summed E-state index contributed by atoms with van der Waals surface area (Å²) in [5.41, 5.74) is 0.481. The summed E-state index contributed by atoms with van der Waals surface area (Å²) in [6.45, 7) is 0. The van der Waals surface area contributed by atoms with Crippen LogP contribution in [0.3, 0.4) is 0 Å². The summed E-state index contributed by atoms with van der Waals surface area (Å²) < 4.78 is 30.7. The average molecular weight is 461 g/mol. The van der Waals surface area contributed by atoms with Crippen LogP contribution in [0.25, 0.3) is 0 Å². The van der Waals surface area contributed by atoms with Gasteiger partial charge in [0, 0.05) is 12.4 Å². The summed E-state index contributed by atoms with van der Waals surface area (Å²) in [5.74, 6) is 0.623. The van der Waals surface area contributed by atoms with Gasteiger partial charge in [-0.2, -0.15) is 0 Å². The van der Waals surface area contributed by atoms with Crippen molar-refractivity contribution in [3.05, 3.63) is 71.5 Å². The number of sulfone groups is 1. The molecular weight excluding hydrogens is 448 g/mol. The minimum atomic E-state index is -3.80. The predicted molar refractivity (Wildman–Crippen MR) is 106 cm³/mol. The first-order chi connectivity index (χ1) is 13.6. The van der Waals surface area contributed by atoms with Gasteiger partial charge in [0.25, 0.3) is 5.16 Å². The number of nitrogens with zero attached hydrogens (tertiary/aromatic N) is 4. The van der Waals surface area contributed by atoms with Crippen molar-refractivity contribution in [2.75, 3.05) is 0 Å². The third kappa shape index (κ3) is 5.21. The molecule has 0 atom stereocenters. The first kappa shape index (κ1) is 19.6. The number of aliphatic imine (C=N–C) groups is 1. The number of hydrogen-bond acceptors (Lipinski definition) is 8. The Balaban J connectivity index is 1.58. The number of hydrogen-bond donors (Lipinski definition) is 0. The van der Waals surface area contributed by atoms with Gasteiger partial charge in [-0.25, -0.2) is 23.4 Å². The van der Waals surface area contributed by atoms with Gasteiger partial charge < -0.3 is 9.57 Å². The number of aromatic nitrogens is 2. The molecule has 0 saturated carbocycles. The zero-order valence-electron chi connectivity index (χ0n) is 14.2. The van der Waals surface area contributed by atoms with Gasteiger partial charge >= 0.3 is 0 Å². The summed E-state index contributed by atoms with van der Waals surface area (Å²) >= 11 is 3.16. The monoisotopic (exact) mass is 460 g/mol. The van der Waals surface area contributed by atoms with Crippen LogP contribution in [-0.4, -0.2) is 31.2 Å². The van der Waals surface area contributed by atoms with E-state index in [0.717, 1.165) is 12.8 Å². The van der Waals surface area contributed by atoms with Gasteiger partial charge in [0.15, 0.2) is 0 Å². The predicted octanol–water partition coefficient (Wildman–Crippen LogP) is 3.77. The standard InChI is InChI=1S/C18H13BrN4O4S/c19-14-10-20-18(21-11-14)28(24,25)17-8-6-15(7-9-17)22-12-27-23-13-26-16-4-2-1-3-5-16/h1-13H/b22-12?,23-13+. The van der Waals surface area contributed by atoms with Crippen LogP contribution in [0.15, 0.2) is 91.7 Å². The quantitative estimate of drug-likeness (QED) is 0.230. The summed E-state index contributed by atoms with van der Waals surface area (Å²) in [6.07, 6.45) is 4.98. The Morgan fingerprint density at radius 2 is 1.61 bits per heavy atom. The highest BCUT2D eigenvalue weighted by atomic mass is 79.9. The SMILES string of the molecule is O=S(=O)(c1ccc(N=CO/N=C/Oc2ccccc2)cc1)c1ncc(Br)cn1. The lowest BCUT2D eigenvalue weighted by Gasteiger charge is -2.03. The molecule has 3 rings (SSSR count). The van der Waals surface area contributed by atoms with E-state index in [9.17, 15) is 8.42 Å². The van der Waals surface area contributed by atoms with Gasteiger partial charge in [0.2, 0.25) is 22.6 Å². The average Bonchev–Trinajstić information content (AvgIpc) is 2.72. The van der Waals surface area contributed by atoms with E-state index in [2.05, 4.69) is 36.0 Å². The zero-order valence-corrected chi connectivity index (χ0v) is 16.6. The molecule has 0 unspecified atom stereocenters. The van der Waals surface area contributed by atoms with Crippen molar-refractivity contribution in [2.45, 2.75) is 10.1 Å². The second-order valence-corrected chi connectivity index (χ2v) is 7.92. The Bertz CT molecular complexity index is 1070. The largest absolute Gasteiger partial charge is 0.442 e. The van der Waals surface area contributed by atoms with E-state index >= 15 is 0 Å². The maximum absolute atomic E-state index is 12.5. The fourth-order valence-corrected chi connectivity index (χ4v) is 3.27. The van der Waals surface area contributed by atoms with Crippen molar-refractivity contribution in [2.24, 2.45) is 10.1 Å². The number of para-hydroxylation sites is 1. The Hall–Kier alpha value is -3.11. The smallest absolute Gasteiger partial charge is 0.252 e. The molecule has 0 spiro atoms. The maximum Gasteiger partial charge on any atom is 0.252 e. The van der Waals surface area contributed by atoms with E-state index in [1.54, 1.807) is 12.1 Å². The third-order valence-electron chi connectivity index (χ3n) is 3.27. The van der Waals surface area contributed by atoms with Crippen LogP contribution in [0.4, 0.5) is 5.69 Å². The molecule has 0 aliphatic rings. The Kier molecular flexibility index (Phi) is 6.45. The first-order valence-electron chi connectivity index (χ1n) is 7.80. The lowest BCUT2D eigenvalue weighted by molar-refractivity contribution is 0.335. The highest BCUT2D eigenvalue weighted by Crippen LogP contribution is 2.21. The third-order valence-corrected chi connectivity index (χ3v) is 5.26. The van der Waals surface area contributed by atoms with Crippen LogP contribution >= 0.6 is 15.9 Å². The van der Waals surface area contributed by atoms with E-state index in [1.807, 2.05) is 18.2 Å². The maximum atomic E-state index is 12.5. The molecule has 0 aliphatic carbocycles. The first-order valence-corrected chi connectivity index (χ1v) is 10.1. The topological polar surface area (TPSA) is 103 Å². The summed E-state index contributed by atoms with van der Waals surface area (Å²) in [7, 11) is -3.80. The molecule has 0 bridgehead atoms. The highest BCUT2D eigenvalue weighted by molar-refractivity contribution is 9.10. The Morgan fingerprint density at radius 1 is 0.929 bits per heavy atom. The second kappa shape index (κ2) is 9.20. The molecule has 0 fully saturated rings. The zero-order chi connectivity index (χ0) is 19.8. The molecule has 0 aliphatic heterocycles. The highest BCUT2D eigenvalue weighted by Gasteiger charge is 2.20. The lowest BCUT2D eigenvalue weighted by Crippen LogP contribution is -2.06. The van der Waals surface area contributed by atoms with E-state index in [-0.39, 0.29) is 10.1 Å². The molecule has 10 heteroatoms. The van der Waals surface area contributed by atoms with Crippen LogP contribution in [0.1, 0.15) is 0 Å². The van der Waals surface area contributed by atoms with Gasteiger partial charge in [-0.1, -0.05) is 18.2 Å². The lowest BCUT2D eigenvalue weighted by atomic mass is 10.3. The molecule has 0 amide bonds. The fourth-order valence-electron chi connectivity index (χ4n) is 1.97. The van der Waals surface area contributed by atoms with Crippen LogP contribution in [0.2, 0.25) is 0 Å². The molecule has 0 saturated heterocycles. The van der Waals surface area contributed by atoms with Crippen LogP contribution in [0, 0.1) is 0 Å². The number of halogens is 1. The van der Waals surface area contributed by atoms with Crippen molar-refractivity contribution in [3.63, 3.8) is 0 Å². The molecule has 2 aromatic carbocycles. The van der Waals surface area contributed by atoms with Crippen LogP contribution in [-0.2, 0) is 14.7 Å². The van der Waals surface area contributed by atoms with Crippen molar-refractivity contribution in [1.82, 2.24) is 9.97 Å². The molecule has 8 nitrogen and oxygen atoms in total. The van der Waals surface area contributed by atoms with Crippen molar-refractivity contribution >= 4 is 44.3 Å². The van der Waals surface area contributed by atoms with Gasteiger partial charge in [-0.05, 0) is 57.5 Å². The molecule has 1 aromatic heterocycles. The summed E-state index contributed by atoms with van der Waals surface area (Å²) in [6, 6.07) is 15.0. The van der Waals surface area contributed by atoms with Gasteiger partial charge in [-0.15, -0.1) is 0 Å². The van der Waals surface area contributed by atoms with Crippen LogP contribution in [0.5, 0.6) is 5.75 Å². The van der Waals surface area contributed by atoms with Gasteiger partial charge in [-0.3, -0.25) is 0 Å². The van der Waals surface area contributed by atoms with Crippen molar-refractivity contribution in [3.8, 4) is 5.75 Å². The van der Waals surface area contributed by atoms with E-state index in [0.29, 0.717) is 15.9 Å². The van der Waals surface area contributed by atoms with E-state index in [1.165, 1.54) is 36.7 Å². The van der Waals surface area contributed by atoms with E-state index in [4.69, 9.17) is 9.57 Å². The Labute approximate surface area is 169 Å². The molecule has 0 radical (unpaired) electrons. The molecule has 142 valence electrons. The van der Waals surface area contributed by atoms with Crippen molar-refractivity contribution in [1.29, 1.82) is 0 Å². The van der Waals surface area contributed by atoms with Crippen molar-refractivity contribution < 1.29 is 18.0 Å². The minimum absolute atomic E-state index is 0.0592. The van der Waals surface area contributed by atoms with Gasteiger partial charge in [0.1, 0.15) is 5.75 Å². The Morgan fingerprint density at radius 3 is 2.29 bits per heavy atom. The normalized spacial score (nSPS) is 11.8. The molecule has 3 aromatic rings. The number of benzene rings is 2. The number of rotatable bonds is 7. The van der Waals surface area contributed by atoms with E-state index < -0.39 is 9.84 Å².